The summed E-state index contributed by atoms with van der Waals surface area (Å²) in [6.07, 6.45) is 3.28. The molecule has 0 bridgehead atoms. The highest BCUT2D eigenvalue weighted by Crippen LogP contribution is 2.29. The van der Waals surface area contributed by atoms with Crippen molar-refractivity contribution < 1.29 is 9.34 Å². The molecule has 1 N–H and O–H groups in total. The summed E-state index contributed by atoms with van der Waals surface area (Å²) in [7, 11) is 0. The molecule has 0 aliphatic rings. The number of hydrogen-bond acceptors (Lipinski definition) is 5. The first-order valence-corrected chi connectivity index (χ1v) is 7.50. The first-order valence-electron chi connectivity index (χ1n) is 6.71. The van der Waals surface area contributed by atoms with Gasteiger partial charge in [-0.15, -0.1) is 0 Å². The molecule has 0 saturated heterocycles. The second-order valence-corrected chi connectivity index (χ2v) is 5.45. The molecule has 112 valence electrons. The van der Waals surface area contributed by atoms with Gasteiger partial charge in [-0.25, -0.2) is 4.98 Å². The lowest BCUT2D eigenvalue weighted by Gasteiger charge is -2.00. The van der Waals surface area contributed by atoms with Crippen LogP contribution in [0.15, 0.2) is 33.3 Å². The third-order valence-corrected chi connectivity index (χ3v) is 3.38. The average Bonchev–Trinajstić information content (AvgIpc) is 2.92. The van der Waals surface area contributed by atoms with E-state index >= 15 is 0 Å². The average molecular weight is 354 g/mol. The number of aromatic nitrogens is 1. The van der Waals surface area contributed by atoms with Crippen molar-refractivity contribution in [1.29, 1.82) is 0 Å². The van der Waals surface area contributed by atoms with Gasteiger partial charge in [0.05, 0.1) is 11.1 Å². The molecule has 0 radical (unpaired) electrons. The van der Waals surface area contributed by atoms with E-state index in [1.807, 2.05) is 0 Å². The summed E-state index contributed by atoms with van der Waals surface area (Å²) < 4.78 is 6.29. The summed E-state index contributed by atoms with van der Waals surface area (Å²) in [6, 6.07) is 4.71. The second kappa shape index (κ2) is 7.33. The summed E-state index contributed by atoms with van der Waals surface area (Å²) in [5.41, 5.74) is 0.658. The fraction of sp³-hybridized carbons (Fsp3) is 0.357. The molecule has 0 amide bonds. The van der Waals surface area contributed by atoms with Gasteiger partial charge in [0.25, 0.3) is 5.69 Å². The van der Waals surface area contributed by atoms with E-state index in [-0.39, 0.29) is 5.69 Å². The molecule has 1 aromatic heterocycles. The Morgan fingerprint density at radius 1 is 1.43 bits per heavy atom. The van der Waals surface area contributed by atoms with Crippen molar-refractivity contribution in [1.82, 2.24) is 10.3 Å². The van der Waals surface area contributed by atoms with E-state index in [0.29, 0.717) is 21.7 Å². The Bertz CT molecular complexity index is 628. The van der Waals surface area contributed by atoms with E-state index in [2.05, 4.69) is 33.2 Å². The summed E-state index contributed by atoms with van der Waals surface area (Å²) in [6.45, 7) is 3.92. The van der Waals surface area contributed by atoms with Crippen LogP contribution >= 0.6 is 15.9 Å². The van der Waals surface area contributed by atoms with Gasteiger partial charge in [-0.3, -0.25) is 10.1 Å². The lowest BCUT2D eigenvalue weighted by atomic mass is 10.1. The molecule has 2 aromatic rings. The van der Waals surface area contributed by atoms with Crippen molar-refractivity contribution in [3.8, 4) is 11.3 Å². The fourth-order valence-electron chi connectivity index (χ4n) is 1.92. The van der Waals surface area contributed by atoms with Crippen molar-refractivity contribution in [3.05, 3.63) is 44.9 Å². The number of benzene rings is 1. The van der Waals surface area contributed by atoms with Gasteiger partial charge >= 0.3 is 0 Å². The number of nitrogens with one attached hydrogen (secondary N) is 1. The van der Waals surface area contributed by atoms with Crippen LogP contribution in [0.2, 0.25) is 0 Å². The van der Waals surface area contributed by atoms with E-state index in [1.54, 1.807) is 12.3 Å². The Morgan fingerprint density at radius 3 is 2.95 bits per heavy atom. The lowest BCUT2D eigenvalue weighted by molar-refractivity contribution is -0.384. The summed E-state index contributed by atoms with van der Waals surface area (Å²) in [5.74, 6) is 1.18. The molecule has 7 heteroatoms. The van der Waals surface area contributed by atoms with Crippen LogP contribution in [0.1, 0.15) is 19.2 Å². The molecule has 0 aliphatic carbocycles. The molecular formula is C14H16BrN3O3. The van der Waals surface area contributed by atoms with Gasteiger partial charge in [-0.1, -0.05) is 22.9 Å². The molecule has 0 spiro atoms. The highest BCUT2D eigenvalue weighted by molar-refractivity contribution is 9.10. The predicted octanol–water partition coefficient (Wildman–Crippen LogP) is 3.55. The number of non-ortho nitro benzene ring substituents is 1. The molecule has 1 heterocycles. The van der Waals surface area contributed by atoms with E-state index in [9.17, 15) is 10.1 Å². The van der Waals surface area contributed by atoms with Gasteiger partial charge in [0.15, 0.2) is 11.7 Å². The maximum Gasteiger partial charge on any atom is 0.271 e. The minimum absolute atomic E-state index is 0.0180. The molecule has 0 fully saturated rings. The second-order valence-electron chi connectivity index (χ2n) is 4.53. The van der Waals surface area contributed by atoms with Gasteiger partial charge in [0.1, 0.15) is 0 Å². The summed E-state index contributed by atoms with van der Waals surface area (Å²) in [5, 5.41) is 14.1. The highest BCUT2D eigenvalue weighted by Gasteiger charge is 2.13. The number of nitro benzene ring substituents is 1. The van der Waals surface area contributed by atoms with Gasteiger partial charge in [0, 0.05) is 28.6 Å². The first kappa shape index (κ1) is 15.7. The number of hydrogen-bond donors (Lipinski definition) is 1. The van der Waals surface area contributed by atoms with Crippen LogP contribution in [0.3, 0.4) is 0 Å². The normalized spacial score (nSPS) is 10.8. The van der Waals surface area contributed by atoms with Crippen molar-refractivity contribution in [2.75, 3.05) is 13.1 Å². The Labute approximate surface area is 130 Å². The quantitative estimate of drug-likeness (QED) is 0.467. The van der Waals surface area contributed by atoms with Crippen LogP contribution in [0, 0.1) is 10.1 Å². The number of nitro groups is 1. The van der Waals surface area contributed by atoms with E-state index in [0.717, 1.165) is 25.9 Å². The molecule has 0 saturated carbocycles. The molecule has 0 unspecified atom stereocenters. The van der Waals surface area contributed by atoms with Crippen LogP contribution < -0.4 is 5.32 Å². The lowest BCUT2D eigenvalue weighted by Crippen LogP contribution is -2.14. The number of oxazole rings is 1. The smallest absolute Gasteiger partial charge is 0.271 e. The SMILES string of the molecule is CCNCCCc1ncc(-c2cc(Br)cc([N+](=O)[O-])c2)o1. The standard InChI is InChI=1S/C14H16BrN3O3/c1-2-16-5-3-4-14-17-9-13(21-14)10-6-11(15)8-12(7-10)18(19)20/h6-9,16H,2-5H2,1H3. The number of halogens is 1. The maximum absolute atomic E-state index is 10.9. The molecule has 0 aliphatic heterocycles. The van der Waals surface area contributed by atoms with Crippen molar-refractivity contribution in [2.45, 2.75) is 19.8 Å². The van der Waals surface area contributed by atoms with Crippen molar-refractivity contribution in [3.63, 3.8) is 0 Å². The van der Waals surface area contributed by atoms with E-state index < -0.39 is 4.92 Å². The topological polar surface area (TPSA) is 81.2 Å². The van der Waals surface area contributed by atoms with Crippen molar-refractivity contribution in [2.24, 2.45) is 0 Å². The maximum atomic E-state index is 10.9. The zero-order valence-corrected chi connectivity index (χ0v) is 13.2. The molecule has 21 heavy (non-hydrogen) atoms. The Kier molecular flexibility index (Phi) is 5.46. The Balaban J connectivity index is 2.12. The highest BCUT2D eigenvalue weighted by atomic mass is 79.9. The number of aryl methyl sites for hydroxylation is 1. The monoisotopic (exact) mass is 353 g/mol. The van der Waals surface area contributed by atoms with Gasteiger partial charge in [0.2, 0.25) is 0 Å². The van der Waals surface area contributed by atoms with E-state index in [4.69, 9.17) is 4.42 Å². The molecule has 1 aromatic carbocycles. The van der Waals surface area contributed by atoms with Gasteiger partial charge in [-0.2, -0.15) is 0 Å². The van der Waals surface area contributed by atoms with E-state index in [1.165, 1.54) is 12.1 Å². The zero-order valence-electron chi connectivity index (χ0n) is 11.6. The largest absolute Gasteiger partial charge is 0.441 e. The molecule has 0 atom stereocenters. The third kappa shape index (κ3) is 4.37. The zero-order chi connectivity index (χ0) is 15.2. The molecule has 2 rings (SSSR count). The van der Waals surface area contributed by atoms with Crippen LogP contribution in [-0.4, -0.2) is 23.0 Å². The molecule has 6 nitrogen and oxygen atoms in total. The van der Waals surface area contributed by atoms with Crippen LogP contribution in [-0.2, 0) is 6.42 Å². The molecular weight excluding hydrogens is 338 g/mol. The predicted molar refractivity (Wildman–Crippen MR) is 83.2 cm³/mol. The van der Waals surface area contributed by atoms with Crippen molar-refractivity contribution >= 4 is 21.6 Å². The summed E-state index contributed by atoms with van der Waals surface area (Å²) in [4.78, 5) is 14.7. The van der Waals surface area contributed by atoms with Gasteiger partial charge < -0.3 is 9.73 Å². The Hall–Kier alpha value is -1.73. The van der Waals surface area contributed by atoms with Gasteiger partial charge in [-0.05, 0) is 25.6 Å². The first-order chi connectivity index (χ1) is 10.1. The Morgan fingerprint density at radius 2 is 2.24 bits per heavy atom. The minimum Gasteiger partial charge on any atom is -0.441 e. The summed E-state index contributed by atoms with van der Waals surface area (Å²) >= 11 is 3.27. The van der Waals surface area contributed by atoms with Crippen LogP contribution in [0.5, 0.6) is 0 Å². The minimum atomic E-state index is -0.429. The number of rotatable bonds is 7. The van der Waals surface area contributed by atoms with Crippen LogP contribution in [0.4, 0.5) is 5.69 Å². The number of nitrogens with zero attached hydrogens (tertiary/aromatic N) is 2. The fourth-order valence-corrected chi connectivity index (χ4v) is 2.40. The van der Waals surface area contributed by atoms with Crippen LogP contribution in [0.25, 0.3) is 11.3 Å². The third-order valence-electron chi connectivity index (χ3n) is 2.93.